The van der Waals surface area contributed by atoms with Gasteiger partial charge in [-0.2, -0.15) is 4.98 Å². The van der Waals surface area contributed by atoms with Gasteiger partial charge in [0.05, 0.1) is 0 Å². The van der Waals surface area contributed by atoms with Crippen LogP contribution in [0.4, 0.5) is 4.39 Å². The van der Waals surface area contributed by atoms with Gasteiger partial charge < -0.3 is 9.84 Å². The summed E-state index contributed by atoms with van der Waals surface area (Å²) in [5.74, 6) is 0.849. The van der Waals surface area contributed by atoms with Gasteiger partial charge in [-0.15, -0.1) is 0 Å². The van der Waals surface area contributed by atoms with Gasteiger partial charge in [-0.25, -0.2) is 4.39 Å². The molecule has 0 aliphatic carbocycles. The lowest BCUT2D eigenvalue weighted by Crippen LogP contribution is -2.37. The number of hydrogen-bond acceptors (Lipinski definition) is 4. The van der Waals surface area contributed by atoms with E-state index in [-0.39, 0.29) is 11.4 Å². The van der Waals surface area contributed by atoms with Crippen LogP contribution in [0.3, 0.4) is 0 Å². The largest absolute Gasteiger partial charge is 0.339 e. The van der Waals surface area contributed by atoms with Gasteiger partial charge in [0, 0.05) is 24.9 Å². The molecule has 0 saturated carbocycles. The Morgan fingerprint density at radius 2 is 2.00 bits per heavy atom. The summed E-state index contributed by atoms with van der Waals surface area (Å²) in [6.07, 6.45) is 1.02. The van der Waals surface area contributed by atoms with Crippen LogP contribution in [0.2, 0.25) is 0 Å². The molecule has 1 aromatic carbocycles. The summed E-state index contributed by atoms with van der Waals surface area (Å²) in [6.45, 7) is 7.07. The summed E-state index contributed by atoms with van der Waals surface area (Å²) in [4.78, 5) is 4.28. The molecule has 1 aromatic heterocycles. The van der Waals surface area contributed by atoms with Crippen molar-refractivity contribution in [3.8, 4) is 0 Å². The van der Waals surface area contributed by atoms with Gasteiger partial charge >= 0.3 is 0 Å². The minimum absolute atomic E-state index is 0.0655. The van der Waals surface area contributed by atoms with Crippen molar-refractivity contribution in [1.82, 2.24) is 15.5 Å². The molecule has 0 fully saturated rings. The fraction of sp³-hybridized carbons (Fsp3) is 0.467. The first-order valence-electron chi connectivity index (χ1n) is 6.74. The third-order valence-corrected chi connectivity index (χ3v) is 2.81. The Hall–Kier alpha value is -1.75. The van der Waals surface area contributed by atoms with Crippen LogP contribution in [0.25, 0.3) is 0 Å². The topological polar surface area (TPSA) is 51.0 Å². The molecule has 0 aliphatic rings. The van der Waals surface area contributed by atoms with Crippen molar-refractivity contribution in [1.29, 1.82) is 0 Å². The SMILES string of the molecule is CC(C)(C)NCCc1nc(Cc2ccccc2F)no1. The fourth-order valence-electron chi connectivity index (χ4n) is 1.82. The minimum Gasteiger partial charge on any atom is -0.339 e. The molecule has 108 valence electrons. The van der Waals surface area contributed by atoms with Crippen molar-refractivity contribution >= 4 is 0 Å². The molecular weight excluding hydrogens is 257 g/mol. The van der Waals surface area contributed by atoms with Gasteiger partial charge in [0.15, 0.2) is 5.82 Å². The van der Waals surface area contributed by atoms with E-state index in [0.717, 1.165) is 6.54 Å². The van der Waals surface area contributed by atoms with Gasteiger partial charge in [-0.05, 0) is 32.4 Å². The maximum absolute atomic E-state index is 13.5. The molecule has 1 N–H and O–H groups in total. The lowest BCUT2D eigenvalue weighted by atomic mass is 10.1. The maximum Gasteiger partial charge on any atom is 0.227 e. The average Bonchev–Trinajstić information content (AvgIpc) is 2.78. The average molecular weight is 277 g/mol. The number of halogens is 1. The van der Waals surface area contributed by atoms with E-state index in [1.807, 2.05) is 0 Å². The Bertz CT molecular complexity index is 560. The van der Waals surface area contributed by atoms with Gasteiger partial charge in [-0.3, -0.25) is 0 Å². The van der Waals surface area contributed by atoms with E-state index in [1.54, 1.807) is 18.2 Å². The Morgan fingerprint density at radius 3 is 2.70 bits per heavy atom. The Kier molecular flexibility index (Phi) is 4.49. The fourth-order valence-corrected chi connectivity index (χ4v) is 1.82. The molecule has 4 nitrogen and oxygen atoms in total. The Balaban J connectivity index is 1.91. The predicted octanol–water partition coefficient (Wildman–Crippen LogP) is 2.73. The maximum atomic E-state index is 13.5. The standard InChI is InChI=1S/C15H20FN3O/c1-15(2,3)17-9-8-14-18-13(19-20-14)10-11-6-4-5-7-12(11)16/h4-7,17H,8-10H2,1-3H3. The van der Waals surface area contributed by atoms with Crippen molar-refractivity contribution < 1.29 is 8.91 Å². The molecule has 5 heteroatoms. The second-order valence-electron chi connectivity index (χ2n) is 5.80. The van der Waals surface area contributed by atoms with E-state index in [1.165, 1.54) is 6.07 Å². The first-order valence-corrected chi connectivity index (χ1v) is 6.74. The van der Waals surface area contributed by atoms with Crippen molar-refractivity contribution in [2.75, 3.05) is 6.54 Å². The third-order valence-electron chi connectivity index (χ3n) is 2.81. The van der Waals surface area contributed by atoms with Crippen LogP contribution in [0.5, 0.6) is 0 Å². The Morgan fingerprint density at radius 1 is 1.25 bits per heavy atom. The number of nitrogens with one attached hydrogen (secondary N) is 1. The molecule has 2 rings (SSSR count). The first-order chi connectivity index (χ1) is 9.44. The molecule has 20 heavy (non-hydrogen) atoms. The normalized spacial score (nSPS) is 11.8. The summed E-state index contributed by atoms with van der Waals surface area (Å²) in [5.41, 5.74) is 0.642. The monoisotopic (exact) mass is 277 g/mol. The zero-order valence-electron chi connectivity index (χ0n) is 12.1. The van der Waals surface area contributed by atoms with E-state index in [9.17, 15) is 4.39 Å². The molecule has 0 spiro atoms. The molecule has 0 unspecified atom stereocenters. The number of aromatic nitrogens is 2. The lowest BCUT2D eigenvalue weighted by Gasteiger charge is -2.19. The summed E-state index contributed by atoms with van der Waals surface area (Å²) < 4.78 is 18.7. The van der Waals surface area contributed by atoms with E-state index >= 15 is 0 Å². The molecule has 1 heterocycles. The van der Waals surface area contributed by atoms with Crippen molar-refractivity contribution in [3.05, 3.63) is 47.4 Å². The van der Waals surface area contributed by atoms with Crippen LogP contribution in [-0.2, 0) is 12.8 Å². The van der Waals surface area contributed by atoms with Crippen LogP contribution >= 0.6 is 0 Å². The summed E-state index contributed by atoms with van der Waals surface area (Å²) in [6, 6.07) is 6.63. The zero-order valence-corrected chi connectivity index (χ0v) is 12.1. The highest BCUT2D eigenvalue weighted by Gasteiger charge is 2.12. The number of hydrogen-bond donors (Lipinski definition) is 1. The van der Waals surface area contributed by atoms with Gasteiger partial charge in [0.25, 0.3) is 0 Å². The number of rotatable bonds is 5. The van der Waals surface area contributed by atoms with Crippen molar-refractivity contribution in [2.45, 2.75) is 39.2 Å². The highest BCUT2D eigenvalue weighted by molar-refractivity contribution is 5.20. The van der Waals surface area contributed by atoms with Crippen LogP contribution < -0.4 is 5.32 Å². The molecule has 2 aromatic rings. The van der Waals surface area contributed by atoms with Crippen LogP contribution in [-0.4, -0.2) is 22.2 Å². The second kappa shape index (κ2) is 6.13. The number of nitrogens with zero attached hydrogens (tertiary/aromatic N) is 2. The highest BCUT2D eigenvalue weighted by atomic mass is 19.1. The minimum atomic E-state index is -0.242. The summed E-state index contributed by atoms with van der Waals surface area (Å²) in [7, 11) is 0. The lowest BCUT2D eigenvalue weighted by molar-refractivity contribution is 0.359. The Labute approximate surface area is 118 Å². The van der Waals surface area contributed by atoms with E-state index in [4.69, 9.17) is 4.52 Å². The molecular formula is C15H20FN3O. The molecule has 0 amide bonds. The van der Waals surface area contributed by atoms with E-state index in [2.05, 4.69) is 36.2 Å². The van der Waals surface area contributed by atoms with Crippen molar-refractivity contribution in [3.63, 3.8) is 0 Å². The summed E-state index contributed by atoms with van der Waals surface area (Å²) in [5, 5.41) is 7.24. The van der Waals surface area contributed by atoms with Gasteiger partial charge in [-0.1, -0.05) is 23.4 Å². The number of benzene rings is 1. The molecule has 0 bridgehead atoms. The third kappa shape index (κ3) is 4.42. The van der Waals surface area contributed by atoms with E-state index < -0.39 is 0 Å². The van der Waals surface area contributed by atoms with Crippen molar-refractivity contribution in [2.24, 2.45) is 0 Å². The second-order valence-corrected chi connectivity index (χ2v) is 5.80. The quantitative estimate of drug-likeness (QED) is 0.913. The van der Waals surface area contributed by atoms with E-state index in [0.29, 0.717) is 30.1 Å². The highest BCUT2D eigenvalue weighted by Crippen LogP contribution is 2.11. The summed E-state index contributed by atoms with van der Waals surface area (Å²) >= 11 is 0. The predicted molar refractivity (Wildman–Crippen MR) is 75.0 cm³/mol. The van der Waals surface area contributed by atoms with Crippen LogP contribution in [0.15, 0.2) is 28.8 Å². The molecule has 0 saturated heterocycles. The molecule has 0 radical (unpaired) electrons. The van der Waals surface area contributed by atoms with Crippen LogP contribution in [0, 0.1) is 5.82 Å². The van der Waals surface area contributed by atoms with Gasteiger partial charge in [0.1, 0.15) is 5.82 Å². The molecule has 0 atom stereocenters. The van der Waals surface area contributed by atoms with Crippen LogP contribution in [0.1, 0.15) is 38.0 Å². The first kappa shape index (κ1) is 14.7. The van der Waals surface area contributed by atoms with Gasteiger partial charge in [0.2, 0.25) is 5.89 Å². The smallest absolute Gasteiger partial charge is 0.227 e. The molecule has 0 aliphatic heterocycles. The zero-order chi connectivity index (χ0) is 14.6.